The fourth-order valence-electron chi connectivity index (χ4n) is 3.28. The molecule has 0 spiro atoms. The number of hydrogen-bond acceptors (Lipinski definition) is 8. The number of amides is 3. The number of carboxylic acid groups (broad SMARTS) is 2. The van der Waals surface area contributed by atoms with Gasteiger partial charge in [-0.3, -0.25) is 19.2 Å². The first-order valence-corrected chi connectivity index (χ1v) is 13.2. The van der Waals surface area contributed by atoms with E-state index in [0.717, 1.165) is 0 Å². The summed E-state index contributed by atoms with van der Waals surface area (Å²) in [5.74, 6) is -4.83. The van der Waals surface area contributed by atoms with Crippen LogP contribution in [0, 0.1) is 5.92 Å². The standard InChI is InChI=1S/C24H36N4O8S/c1-4-13(2)20(25)23(34)28-18(12-19(30)31)22(33)27-17(11-14-5-7-15(29)8-6-14)21(32)26-16(24(35)36)9-10-37-3/h5-8,13,16-18,20,29H,4,9-12,25H2,1-3H3,(H,26,32)(H,27,33)(H,28,34)(H,30,31)(H,35,36). The molecular formula is C24H36N4O8S. The van der Waals surface area contributed by atoms with Crippen LogP contribution in [0.25, 0.3) is 0 Å². The van der Waals surface area contributed by atoms with Crippen molar-refractivity contribution in [2.24, 2.45) is 11.7 Å². The molecule has 13 heteroatoms. The van der Waals surface area contributed by atoms with Crippen LogP contribution in [0.2, 0.25) is 0 Å². The molecule has 8 N–H and O–H groups in total. The van der Waals surface area contributed by atoms with Crippen molar-refractivity contribution in [2.75, 3.05) is 12.0 Å². The molecule has 0 aliphatic heterocycles. The molecule has 0 aromatic heterocycles. The number of carboxylic acids is 2. The fourth-order valence-corrected chi connectivity index (χ4v) is 3.75. The van der Waals surface area contributed by atoms with Crippen LogP contribution in [-0.2, 0) is 30.4 Å². The van der Waals surface area contributed by atoms with E-state index < -0.39 is 60.2 Å². The molecule has 0 bridgehead atoms. The number of aliphatic carboxylic acids is 2. The van der Waals surface area contributed by atoms with Gasteiger partial charge in [0.15, 0.2) is 0 Å². The summed E-state index contributed by atoms with van der Waals surface area (Å²) in [5, 5.41) is 35.5. The van der Waals surface area contributed by atoms with Crippen molar-refractivity contribution in [1.29, 1.82) is 0 Å². The van der Waals surface area contributed by atoms with E-state index in [9.17, 15) is 39.3 Å². The largest absolute Gasteiger partial charge is 0.508 e. The maximum atomic E-state index is 13.1. The zero-order valence-electron chi connectivity index (χ0n) is 21.1. The van der Waals surface area contributed by atoms with Gasteiger partial charge in [-0.05, 0) is 42.0 Å². The molecule has 0 saturated heterocycles. The highest BCUT2D eigenvalue weighted by Crippen LogP contribution is 2.13. The molecule has 1 aromatic carbocycles. The van der Waals surface area contributed by atoms with Crippen LogP contribution in [0.15, 0.2) is 24.3 Å². The molecule has 37 heavy (non-hydrogen) atoms. The SMILES string of the molecule is CCC(C)C(N)C(=O)NC(CC(=O)O)C(=O)NC(Cc1ccc(O)cc1)C(=O)NC(CCSC)C(=O)O. The Morgan fingerprint density at radius 1 is 0.919 bits per heavy atom. The number of nitrogens with one attached hydrogen (secondary N) is 3. The van der Waals surface area contributed by atoms with Gasteiger partial charge in [0, 0.05) is 6.42 Å². The number of nitrogens with two attached hydrogens (primary N) is 1. The highest BCUT2D eigenvalue weighted by molar-refractivity contribution is 7.98. The van der Waals surface area contributed by atoms with Gasteiger partial charge in [0.2, 0.25) is 17.7 Å². The van der Waals surface area contributed by atoms with Gasteiger partial charge in [-0.1, -0.05) is 32.4 Å². The minimum Gasteiger partial charge on any atom is -0.508 e. The van der Waals surface area contributed by atoms with Crippen LogP contribution in [0.5, 0.6) is 5.75 Å². The first-order valence-electron chi connectivity index (χ1n) is 11.8. The van der Waals surface area contributed by atoms with Gasteiger partial charge in [0.25, 0.3) is 0 Å². The van der Waals surface area contributed by atoms with E-state index in [4.69, 9.17) is 5.73 Å². The molecule has 5 atom stereocenters. The van der Waals surface area contributed by atoms with Crippen LogP contribution in [0.4, 0.5) is 0 Å². The minimum atomic E-state index is -1.53. The van der Waals surface area contributed by atoms with Gasteiger partial charge >= 0.3 is 11.9 Å². The third-order valence-corrected chi connectivity index (χ3v) is 6.45. The molecule has 3 amide bonds. The maximum Gasteiger partial charge on any atom is 0.326 e. The lowest BCUT2D eigenvalue weighted by Crippen LogP contribution is -2.58. The molecule has 0 fully saturated rings. The second-order valence-corrected chi connectivity index (χ2v) is 9.67. The quantitative estimate of drug-likeness (QED) is 0.150. The summed E-state index contributed by atoms with van der Waals surface area (Å²) in [6.45, 7) is 3.57. The van der Waals surface area contributed by atoms with Crippen molar-refractivity contribution in [3.05, 3.63) is 29.8 Å². The number of carbonyl (C=O) groups is 5. The van der Waals surface area contributed by atoms with Gasteiger partial charge in [0.1, 0.15) is 23.9 Å². The molecule has 0 heterocycles. The lowest BCUT2D eigenvalue weighted by molar-refractivity contribution is -0.143. The van der Waals surface area contributed by atoms with Crippen molar-refractivity contribution in [1.82, 2.24) is 16.0 Å². The Kier molecular flexibility index (Phi) is 13.5. The van der Waals surface area contributed by atoms with Crippen molar-refractivity contribution < 1.29 is 39.3 Å². The van der Waals surface area contributed by atoms with E-state index in [0.29, 0.717) is 17.7 Å². The summed E-state index contributed by atoms with van der Waals surface area (Å²) in [5.41, 5.74) is 6.44. The summed E-state index contributed by atoms with van der Waals surface area (Å²) in [4.78, 5) is 61.6. The molecule has 1 rings (SSSR count). The number of thioether (sulfide) groups is 1. The third-order valence-electron chi connectivity index (χ3n) is 5.81. The van der Waals surface area contributed by atoms with Crippen LogP contribution < -0.4 is 21.7 Å². The molecule has 12 nitrogen and oxygen atoms in total. The Labute approximate surface area is 219 Å². The molecule has 0 radical (unpaired) electrons. The van der Waals surface area contributed by atoms with Crippen LogP contribution in [-0.4, -0.2) is 81.2 Å². The van der Waals surface area contributed by atoms with E-state index >= 15 is 0 Å². The Morgan fingerprint density at radius 2 is 1.46 bits per heavy atom. The lowest BCUT2D eigenvalue weighted by Gasteiger charge is -2.25. The summed E-state index contributed by atoms with van der Waals surface area (Å²) in [7, 11) is 0. The van der Waals surface area contributed by atoms with Crippen molar-refractivity contribution in [2.45, 2.75) is 63.7 Å². The first-order chi connectivity index (χ1) is 17.4. The Morgan fingerprint density at radius 3 is 1.97 bits per heavy atom. The summed E-state index contributed by atoms with van der Waals surface area (Å²) < 4.78 is 0. The number of hydrogen-bond donors (Lipinski definition) is 7. The predicted molar refractivity (Wildman–Crippen MR) is 138 cm³/mol. The van der Waals surface area contributed by atoms with E-state index in [2.05, 4.69) is 16.0 Å². The Balaban J connectivity index is 3.16. The molecular weight excluding hydrogens is 504 g/mol. The van der Waals surface area contributed by atoms with Gasteiger partial charge < -0.3 is 37.0 Å². The fraction of sp³-hybridized carbons (Fsp3) is 0.542. The zero-order chi connectivity index (χ0) is 28.1. The second kappa shape index (κ2) is 15.7. The van der Waals surface area contributed by atoms with Crippen LogP contribution >= 0.6 is 11.8 Å². The van der Waals surface area contributed by atoms with E-state index in [1.54, 1.807) is 13.2 Å². The molecule has 0 aliphatic carbocycles. The molecule has 206 valence electrons. The normalized spacial score (nSPS) is 14.9. The van der Waals surface area contributed by atoms with Gasteiger partial charge in [-0.25, -0.2) is 4.79 Å². The first kappa shape index (κ1) is 31.7. The smallest absolute Gasteiger partial charge is 0.326 e. The molecule has 0 saturated carbocycles. The predicted octanol–water partition coefficient (Wildman–Crippen LogP) is 0.0749. The number of phenolic OH excluding ortho intramolecular Hbond substituents is 1. The van der Waals surface area contributed by atoms with Gasteiger partial charge in [-0.15, -0.1) is 0 Å². The number of rotatable bonds is 16. The molecule has 0 aliphatic rings. The van der Waals surface area contributed by atoms with Gasteiger partial charge in [-0.2, -0.15) is 11.8 Å². The summed E-state index contributed by atoms with van der Waals surface area (Å²) >= 11 is 1.40. The van der Waals surface area contributed by atoms with E-state index in [1.165, 1.54) is 36.0 Å². The summed E-state index contributed by atoms with van der Waals surface area (Å²) in [6, 6.07) is 0.798. The number of carbonyl (C=O) groups excluding carboxylic acids is 3. The number of aromatic hydroxyl groups is 1. The number of benzene rings is 1. The summed E-state index contributed by atoms with van der Waals surface area (Å²) in [6.07, 6.45) is 1.67. The van der Waals surface area contributed by atoms with Crippen molar-refractivity contribution in [3.8, 4) is 5.75 Å². The highest BCUT2D eigenvalue weighted by Gasteiger charge is 2.32. The third kappa shape index (κ3) is 11.1. The van der Waals surface area contributed by atoms with Crippen LogP contribution in [0.1, 0.15) is 38.7 Å². The lowest BCUT2D eigenvalue weighted by atomic mass is 9.98. The average molecular weight is 541 g/mol. The van der Waals surface area contributed by atoms with Crippen molar-refractivity contribution in [3.63, 3.8) is 0 Å². The second-order valence-electron chi connectivity index (χ2n) is 8.68. The van der Waals surface area contributed by atoms with Crippen LogP contribution in [0.3, 0.4) is 0 Å². The van der Waals surface area contributed by atoms with E-state index in [1.807, 2.05) is 6.92 Å². The molecule has 1 aromatic rings. The van der Waals surface area contributed by atoms with Crippen molar-refractivity contribution >= 4 is 41.4 Å². The zero-order valence-corrected chi connectivity index (χ0v) is 21.9. The van der Waals surface area contributed by atoms with Gasteiger partial charge in [0.05, 0.1) is 12.5 Å². The monoisotopic (exact) mass is 540 g/mol. The topological polar surface area (TPSA) is 208 Å². The highest BCUT2D eigenvalue weighted by atomic mass is 32.2. The average Bonchev–Trinajstić information content (AvgIpc) is 2.85. The van der Waals surface area contributed by atoms with E-state index in [-0.39, 0.29) is 24.5 Å². The number of phenols is 1. The Hall–Kier alpha value is -3.32. The minimum absolute atomic E-state index is 0.0151. The Bertz CT molecular complexity index is 943. The molecule has 5 unspecified atom stereocenters. The maximum absolute atomic E-state index is 13.1.